The predicted molar refractivity (Wildman–Crippen MR) is 165 cm³/mol. The molecule has 0 bridgehead atoms. The molecule has 242 valence electrons. The van der Waals surface area contributed by atoms with Gasteiger partial charge in [-0.25, -0.2) is 4.79 Å². The van der Waals surface area contributed by atoms with E-state index < -0.39 is 35.0 Å². The fourth-order valence-electron chi connectivity index (χ4n) is 6.12. The van der Waals surface area contributed by atoms with Crippen LogP contribution in [0.1, 0.15) is 43.7 Å². The Kier molecular flexibility index (Phi) is 10.5. The number of likely N-dealkylation sites (tertiary alicyclic amines) is 2. The SMILES string of the molecule is CN(C)C(=O)CN1CC(c2ccccc2)C2(CCCN(C(=O)[C@@H](COCc3ccccc3)NC(=O)C(C)(C)OC(N)=O)C2)C1=O. The van der Waals surface area contributed by atoms with E-state index in [1.807, 2.05) is 60.7 Å². The number of hydrogen-bond donors (Lipinski definition) is 2. The van der Waals surface area contributed by atoms with Crippen molar-refractivity contribution in [3.05, 3.63) is 71.8 Å². The average molecular weight is 622 g/mol. The Hall–Kier alpha value is -4.45. The van der Waals surface area contributed by atoms with Crippen LogP contribution in [0, 0.1) is 5.41 Å². The molecule has 3 N–H and O–H groups in total. The Bertz CT molecular complexity index is 1380. The van der Waals surface area contributed by atoms with Crippen molar-refractivity contribution in [2.24, 2.45) is 11.1 Å². The highest BCUT2D eigenvalue weighted by Crippen LogP contribution is 2.49. The number of primary amides is 1. The number of ether oxygens (including phenoxy) is 2. The number of rotatable bonds is 11. The summed E-state index contributed by atoms with van der Waals surface area (Å²) in [6.45, 7) is 3.59. The third-order valence-corrected chi connectivity index (χ3v) is 8.55. The average Bonchev–Trinajstić information content (AvgIpc) is 3.26. The molecule has 1 spiro atoms. The minimum absolute atomic E-state index is 0.0498. The molecule has 4 rings (SSSR count). The molecule has 12 heteroatoms. The van der Waals surface area contributed by atoms with Crippen molar-refractivity contribution in [2.75, 3.05) is 46.9 Å². The van der Waals surface area contributed by atoms with E-state index in [0.717, 1.165) is 11.1 Å². The zero-order valence-corrected chi connectivity index (χ0v) is 26.4. The van der Waals surface area contributed by atoms with Gasteiger partial charge in [0.15, 0.2) is 5.60 Å². The van der Waals surface area contributed by atoms with E-state index in [0.29, 0.717) is 25.9 Å². The number of piperidine rings is 1. The molecule has 2 fully saturated rings. The highest BCUT2D eigenvalue weighted by molar-refractivity contribution is 5.94. The van der Waals surface area contributed by atoms with Gasteiger partial charge in [-0.05, 0) is 37.8 Å². The van der Waals surface area contributed by atoms with E-state index in [-0.39, 0.29) is 44.0 Å². The number of amides is 5. The number of carbonyl (C=O) groups excluding carboxylic acids is 5. The Labute approximate surface area is 263 Å². The van der Waals surface area contributed by atoms with E-state index in [9.17, 15) is 24.0 Å². The van der Waals surface area contributed by atoms with Gasteiger partial charge in [0.2, 0.25) is 17.7 Å². The number of benzene rings is 2. The number of nitrogens with zero attached hydrogens (tertiary/aromatic N) is 3. The Morgan fingerprint density at radius 2 is 1.71 bits per heavy atom. The minimum atomic E-state index is -1.65. The van der Waals surface area contributed by atoms with Crippen LogP contribution in [0.5, 0.6) is 0 Å². The van der Waals surface area contributed by atoms with Crippen molar-refractivity contribution in [3.8, 4) is 0 Å². The molecule has 2 aromatic carbocycles. The fourth-order valence-corrected chi connectivity index (χ4v) is 6.12. The second-order valence-corrected chi connectivity index (χ2v) is 12.4. The molecule has 0 aromatic heterocycles. The van der Waals surface area contributed by atoms with Crippen LogP contribution in [-0.4, -0.2) is 103 Å². The van der Waals surface area contributed by atoms with Gasteiger partial charge < -0.3 is 35.2 Å². The van der Waals surface area contributed by atoms with E-state index in [2.05, 4.69) is 5.32 Å². The quantitative estimate of drug-likeness (QED) is 0.389. The Balaban J connectivity index is 1.60. The number of nitrogens with two attached hydrogens (primary N) is 1. The predicted octanol–water partition coefficient (Wildman–Crippen LogP) is 1.88. The molecule has 5 amide bonds. The number of hydrogen-bond acceptors (Lipinski definition) is 7. The third-order valence-electron chi connectivity index (χ3n) is 8.55. The summed E-state index contributed by atoms with van der Waals surface area (Å²) in [5, 5.41) is 2.69. The van der Waals surface area contributed by atoms with Crippen LogP contribution in [0.25, 0.3) is 0 Å². The lowest BCUT2D eigenvalue weighted by Crippen LogP contribution is -2.59. The smallest absolute Gasteiger partial charge is 0.405 e. The van der Waals surface area contributed by atoms with Crippen LogP contribution in [-0.2, 0) is 35.3 Å². The summed E-state index contributed by atoms with van der Waals surface area (Å²) in [5.74, 6) is -1.74. The Morgan fingerprint density at radius 1 is 1.07 bits per heavy atom. The van der Waals surface area contributed by atoms with Crippen molar-refractivity contribution in [1.29, 1.82) is 0 Å². The van der Waals surface area contributed by atoms with Crippen LogP contribution in [0.2, 0.25) is 0 Å². The van der Waals surface area contributed by atoms with Crippen molar-refractivity contribution in [1.82, 2.24) is 20.0 Å². The molecule has 2 aromatic rings. The standard InChI is InChI=1S/C33H43N5O7/c1-32(2,45-31(34)43)29(41)35-26(21-44-20-23-12-7-5-8-13-23)28(40)37-17-11-16-33(22-37)25(24-14-9-6-10-15-24)18-38(30(33)42)19-27(39)36(3)4/h5-10,12-15,25-26H,11,16-22H2,1-4H3,(H2,34,43)(H,35,41)/t25?,26-,33?/m1/s1. The summed E-state index contributed by atoms with van der Waals surface area (Å²) in [6.07, 6.45) is -0.0265. The summed E-state index contributed by atoms with van der Waals surface area (Å²) in [7, 11) is 3.30. The molecule has 2 heterocycles. The first-order valence-corrected chi connectivity index (χ1v) is 15.1. The molecule has 45 heavy (non-hydrogen) atoms. The summed E-state index contributed by atoms with van der Waals surface area (Å²) in [6, 6.07) is 17.9. The Morgan fingerprint density at radius 3 is 2.33 bits per heavy atom. The zero-order chi connectivity index (χ0) is 32.8. The summed E-state index contributed by atoms with van der Waals surface area (Å²) < 4.78 is 10.9. The maximum absolute atomic E-state index is 14.2. The lowest BCUT2D eigenvalue weighted by atomic mass is 9.69. The van der Waals surface area contributed by atoms with E-state index in [1.54, 1.807) is 23.9 Å². The van der Waals surface area contributed by atoms with E-state index in [1.165, 1.54) is 18.7 Å². The molecule has 2 saturated heterocycles. The van der Waals surface area contributed by atoms with Crippen molar-refractivity contribution in [3.63, 3.8) is 0 Å². The summed E-state index contributed by atoms with van der Waals surface area (Å²) >= 11 is 0. The van der Waals surface area contributed by atoms with Crippen LogP contribution in [0.4, 0.5) is 4.79 Å². The van der Waals surface area contributed by atoms with Crippen molar-refractivity contribution in [2.45, 2.75) is 50.9 Å². The van der Waals surface area contributed by atoms with Crippen molar-refractivity contribution < 1.29 is 33.4 Å². The van der Waals surface area contributed by atoms with Gasteiger partial charge in [-0.15, -0.1) is 0 Å². The van der Waals surface area contributed by atoms with E-state index in [4.69, 9.17) is 15.2 Å². The van der Waals surface area contributed by atoms with Crippen LogP contribution >= 0.6 is 0 Å². The van der Waals surface area contributed by atoms with E-state index >= 15 is 0 Å². The van der Waals surface area contributed by atoms with Gasteiger partial charge >= 0.3 is 6.09 Å². The van der Waals surface area contributed by atoms with Gasteiger partial charge in [0.1, 0.15) is 6.04 Å². The van der Waals surface area contributed by atoms with Crippen LogP contribution < -0.4 is 11.1 Å². The van der Waals surface area contributed by atoms with Gasteiger partial charge in [0.25, 0.3) is 5.91 Å². The van der Waals surface area contributed by atoms with Crippen LogP contribution in [0.15, 0.2) is 60.7 Å². The lowest BCUT2D eigenvalue weighted by molar-refractivity contribution is -0.150. The number of nitrogens with one attached hydrogen (secondary N) is 1. The maximum Gasteiger partial charge on any atom is 0.405 e. The molecule has 0 saturated carbocycles. The first-order chi connectivity index (χ1) is 21.3. The highest BCUT2D eigenvalue weighted by atomic mass is 16.6. The van der Waals surface area contributed by atoms with Gasteiger partial charge in [-0.3, -0.25) is 19.2 Å². The molecule has 3 atom stereocenters. The molecule has 12 nitrogen and oxygen atoms in total. The molecular weight excluding hydrogens is 578 g/mol. The molecular formula is C33H43N5O7. The van der Waals surface area contributed by atoms with Gasteiger partial charge in [-0.1, -0.05) is 60.7 Å². The maximum atomic E-state index is 14.2. The third kappa shape index (κ3) is 7.80. The topological polar surface area (TPSA) is 152 Å². The van der Waals surface area contributed by atoms with Crippen molar-refractivity contribution >= 4 is 29.7 Å². The van der Waals surface area contributed by atoms with Crippen LogP contribution in [0.3, 0.4) is 0 Å². The van der Waals surface area contributed by atoms with Gasteiger partial charge in [0, 0.05) is 39.6 Å². The molecule has 0 aliphatic carbocycles. The molecule has 2 unspecified atom stereocenters. The second kappa shape index (κ2) is 14.1. The largest absolute Gasteiger partial charge is 0.434 e. The molecule has 2 aliphatic heterocycles. The number of carbonyl (C=O) groups is 5. The van der Waals surface area contributed by atoms with Gasteiger partial charge in [0.05, 0.1) is 25.2 Å². The lowest BCUT2D eigenvalue weighted by Gasteiger charge is -2.43. The fraction of sp³-hybridized carbons (Fsp3) is 0.485. The van der Waals surface area contributed by atoms with Gasteiger partial charge in [-0.2, -0.15) is 0 Å². The normalized spacial score (nSPS) is 20.5. The first kappa shape index (κ1) is 33.4. The molecule has 0 radical (unpaired) electrons. The zero-order valence-electron chi connectivity index (χ0n) is 26.4. The highest BCUT2D eigenvalue weighted by Gasteiger charge is 2.57. The minimum Gasteiger partial charge on any atom is -0.434 e. The first-order valence-electron chi connectivity index (χ1n) is 15.1. The molecule has 2 aliphatic rings. The second-order valence-electron chi connectivity index (χ2n) is 12.4. The number of likely N-dealkylation sites (N-methyl/N-ethyl adjacent to an activating group) is 1. The summed E-state index contributed by atoms with van der Waals surface area (Å²) in [5.41, 5.74) is 4.42. The monoisotopic (exact) mass is 621 g/mol. The summed E-state index contributed by atoms with van der Waals surface area (Å²) in [4.78, 5) is 70.3.